The van der Waals surface area contributed by atoms with Crippen molar-refractivity contribution in [1.29, 1.82) is 0 Å². The average molecular weight is 408 g/mol. The first-order valence-corrected chi connectivity index (χ1v) is 10.1. The van der Waals surface area contributed by atoms with Gasteiger partial charge in [0.25, 0.3) is 0 Å². The highest BCUT2D eigenvalue weighted by Crippen LogP contribution is 2.29. The Morgan fingerprint density at radius 2 is 1.47 bits per heavy atom. The summed E-state index contributed by atoms with van der Waals surface area (Å²) in [5.41, 5.74) is 2.99. The first kappa shape index (κ1) is 21.4. The topological polar surface area (TPSA) is 68.2 Å². The van der Waals surface area contributed by atoms with Gasteiger partial charge < -0.3 is 24.4 Å². The third-order valence-electron chi connectivity index (χ3n) is 4.86. The van der Waals surface area contributed by atoms with E-state index in [0.717, 1.165) is 46.8 Å². The van der Waals surface area contributed by atoms with E-state index in [1.807, 2.05) is 49.4 Å². The second-order valence-corrected chi connectivity index (χ2v) is 7.01. The van der Waals surface area contributed by atoms with Gasteiger partial charge in [-0.15, -0.1) is 0 Å². The van der Waals surface area contributed by atoms with Crippen LogP contribution in [0.1, 0.15) is 30.0 Å². The van der Waals surface area contributed by atoms with Gasteiger partial charge in [0.05, 0.1) is 13.7 Å². The number of phenols is 2. The zero-order valence-electron chi connectivity index (χ0n) is 17.4. The van der Waals surface area contributed by atoms with Gasteiger partial charge >= 0.3 is 0 Å². The smallest absolute Gasteiger partial charge is 0.126 e. The zero-order valence-corrected chi connectivity index (χ0v) is 17.4. The number of aromatic hydroxyl groups is 2. The molecule has 0 aliphatic heterocycles. The summed E-state index contributed by atoms with van der Waals surface area (Å²) >= 11 is 0. The third kappa shape index (κ3) is 5.83. The number of benzene rings is 3. The third-order valence-corrected chi connectivity index (χ3v) is 4.86. The minimum absolute atomic E-state index is 0.0695. The molecule has 0 amide bonds. The summed E-state index contributed by atoms with van der Waals surface area (Å²) in [6, 6.07) is 18.4. The first-order valence-electron chi connectivity index (χ1n) is 10.1. The Labute approximate surface area is 177 Å². The molecule has 0 saturated carbocycles. The molecule has 0 heterocycles. The molecule has 5 heteroatoms. The second kappa shape index (κ2) is 10.4. The van der Waals surface area contributed by atoms with Crippen molar-refractivity contribution in [1.82, 2.24) is 0 Å². The Morgan fingerprint density at radius 3 is 2.17 bits per heavy atom. The van der Waals surface area contributed by atoms with Crippen molar-refractivity contribution in [2.75, 3.05) is 13.7 Å². The molecular weight excluding hydrogens is 380 g/mol. The number of rotatable bonds is 10. The van der Waals surface area contributed by atoms with E-state index in [4.69, 9.17) is 14.2 Å². The molecule has 5 nitrogen and oxygen atoms in total. The molecule has 0 aliphatic carbocycles. The van der Waals surface area contributed by atoms with Gasteiger partial charge in [-0.2, -0.15) is 0 Å². The fourth-order valence-corrected chi connectivity index (χ4v) is 3.24. The molecule has 158 valence electrons. The molecule has 0 bridgehead atoms. The van der Waals surface area contributed by atoms with E-state index in [1.165, 1.54) is 6.07 Å². The van der Waals surface area contributed by atoms with E-state index >= 15 is 0 Å². The van der Waals surface area contributed by atoms with Crippen LogP contribution >= 0.6 is 0 Å². The molecule has 0 fully saturated rings. The van der Waals surface area contributed by atoms with Crippen LogP contribution in [0.2, 0.25) is 0 Å². The van der Waals surface area contributed by atoms with Crippen molar-refractivity contribution in [2.24, 2.45) is 0 Å². The number of hydrogen-bond acceptors (Lipinski definition) is 5. The lowest BCUT2D eigenvalue weighted by Crippen LogP contribution is -2.00. The molecule has 2 N–H and O–H groups in total. The minimum Gasteiger partial charge on any atom is -0.508 e. The van der Waals surface area contributed by atoms with Gasteiger partial charge in [0, 0.05) is 12.1 Å². The highest BCUT2D eigenvalue weighted by molar-refractivity contribution is 5.42. The molecule has 0 radical (unpaired) electrons. The largest absolute Gasteiger partial charge is 0.508 e. The van der Waals surface area contributed by atoms with Crippen LogP contribution in [-0.4, -0.2) is 23.9 Å². The first-order chi connectivity index (χ1) is 14.6. The van der Waals surface area contributed by atoms with E-state index in [0.29, 0.717) is 19.6 Å². The molecule has 0 aromatic heterocycles. The van der Waals surface area contributed by atoms with Gasteiger partial charge in [0.1, 0.15) is 35.4 Å². The van der Waals surface area contributed by atoms with E-state index in [2.05, 4.69) is 0 Å². The SMILES string of the molecule is CCOc1cc(OCc2ccc(OC)cc2)ccc1CCCc1ccc(O)cc1O. The molecular formula is C25H28O5. The maximum atomic E-state index is 9.94. The monoisotopic (exact) mass is 408 g/mol. The molecule has 3 aromatic rings. The quantitative estimate of drug-likeness (QED) is 0.479. The summed E-state index contributed by atoms with van der Waals surface area (Å²) in [6.45, 7) is 3.01. The Balaban J connectivity index is 1.60. The number of phenolic OH excluding ortho intramolecular Hbond substituents is 2. The Hall–Kier alpha value is -3.34. The van der Waals surface area contributed by atoms with Crippen molar-refractivity contribution in [3.05, 3.63) is 77.4 Å². The highest BCUT2D eigenvalue weighted by Gasteiger charge is 2.08. The Morgan fingerprint density at radius 1 is 0.767 bits per heavy atom. The molecule has 0 spiro atoms. The van der Waals surface area contributed by atoms with Gasteiger partial charge in [-0.05, 0) is 67.1 Å². The van der Waals surface area contributed by atoms with Crippen molar-refractivity contribution in [3.8, 4) is 28.7 Å². The van der Waals surface area contributed by atoms with Crippen LogP contribution in [0.25, 0.3) is 0 Å². The number of methoxy groups -OCH3 is 1. The molecule has 0 saturated heterocycles. The summed E-state index contributed by atoms with van der Waals surface area (Å²) in [4.78, 5) is 0. The molecule has 0 unspecified atom stereocenters. The summed E-state index contributed by atoms with van der Waals surface area (Å²) in [6.07, 6.45) is 2.38. The lowest BCUT2D eigenvalue weighted by Gasteiger charge is -2.14. The molecule has 0 atom stereocenters. The van der Waals surface area contributed by atoms with Gasteiger partial charge in [0.2, 0.25) is 0 Å². The van der Waals surface area contributed by atoms with Gasteiger partial charge in [-0.1, -0.05) is 24.3 Å². The maximum Gasteiger partial charge on any atom is 0.126 e. The Kier molecular flexibility index (Phi) is 7.44. The van der Waals surface area contributed by atoms with Crippen LogP contribution in [-0.2, 0) is 19.4 Å². The summed E-state index contributed by atoms with van der Waals surface area (Å²) < 4.78 is 16.9. The van der Waals surface area contributed by atoms with Crippen LogP contribution in [0.5, 0.6) is 28.7 Å². The maximum absolute atomic E-state index is 9.94. The number of aryl methyl sites for hydroxylation is 2. The van der Waals surface area contributed by atoms with Crippen LogP contribution in [0.4, 0.5) is 0 Å². The van der Waals surface area contributed by atoms with Gasteiger partial charge in [-0.3, -0.25) is 0 Å². The molecule has 3 aromatic carbocycles. The van der Waals surface area contributed by atoms with E-state index in [-0.39, 0.29) is 11.5 Å². The molecule has 3 rings (SSSR count). The zero-order chi connectivity index (χ0) is 21.3. The van der Waals surface area contributed by atoms with E-state index in [1.54, 1.807) is 19.2 Å². The fourth-order valence-electron chi connectivity index (χ4n) is 3.24. The fraction of sp³-hybridized carbons (Fsp3) is 0.280. The van der Waals surface area contributed by atoms with Crippen LogP contribution in [0, 0.1) is 0 Å². The minimum atomic E-state index is 0.0695. The lowest BCUT2D eigenvalue weighted by molar-refractivity contribution is 0.298. The van der Waals surface area contributed by atoms with E-state index < -0.39 is 0 Å². The van der Waals surface area contributed by atoms with Crippen LogP contribution < -0.4 is 14.2 Å². The van der Waals surface area contributed by atoms with Crippen molar-refractivity contribution >= 4 is 0 Å². The van der Waals surface area contributed by atoms with Crippen LogP contribution in [0.15, 0.2) is 60.7 Å². The number of ether oxygens (including phenoxy) is 3. The van der Waals surface area contributed by atoms with Crippen molar-refractivity contribution in [3.63, 3.8) is 0 Å². The highest BCUT2D eigenvalue weighted by atomic mass is 16.5. The summed E-state index contributed by atoms with van der Waals surface area (Å²) in [5, 5.41) is 19.3. The molecule has 0 aliphatic rings. The van der Waals surface area contributed by atoms with Gasteiger partial charge in [-0.25, -0.2) is 0 Å². The predicted molar refractivity (Wildman–Crippen MR) is 117 cm³/mol. The molecule has 30 heavy (non-hydrogen) atoms. The second-order valence-electron chi connectivity index (χ2n) is 7.01. The van der Waals surface area contributed by atoms with E-state index in [9.17, 15) is 10.2 Å². The number of hydrogen-bond donors (Lipinski definition) is 2. The summed E-state index contributed by atoms with van der Waals surface area (Å²) in [7, 11) is 1.65. The van der Waals surface area contributed by atoms with Crippen LogP contribution in [0.3, 0.4) is 0 Å². The lowest BCUT2D eigenvalue weighted by atomic mass is 10.0. The average Bonchev–Trinajstić information content (AvgIpc) is 2.75. The Bertz CT molecular complexity index is 950. The van der Waals surface area contributed by atoms with Crippen molar-refractivity contribution < 1.29 is 24.4 Å². The van der Waals surface area contributed by atoms with Gasteiger partial charge in [0.15, 0.2) is 0 Å². The van der Waals surface area contributed by atoms with Crippen molar-refractivity contribution in [2.45, 2.75) is 32.8 Å². The normalized spacial score (nSPS) is 10.6. The standard InChI is InChI=1S/C25H28O5/c1-3-29-25-16-23(30-17-18-7-12-22(28-2)13-8-18)14-10-20(25)6-4-5-19-9-11-21(26)15-24(19)27/h7-16,26-27H,3-6,17H2,1-2H3. The summed E-state index contributed by atoms with van der Waals surface area (Å²) in [5.74, 6) is 2.60. The predicted octanol–water partition coefficient (Wildman–Crippen LogP) is 5.26.